The highest BCUT2D eigenvalue weighted by molar-refractivity contribution is 6.32. The summed E-state index contributed by atoms with van der Waals surface area (Å²) >= 11 is 6.50. The highest BCUT2D eigenvalue weighted by Gasteiger charge is 2.25. The quantitative estimate of drug-likeness (QED) is 0.322. The summed E-state index contributed by atoms with van der Waals surface area (Å²) in [7, 11) is 1.77. The van der Waals surface area contributed by atoms with Crippen LogP contribution in [0.4, 0.5) is 23.1 Å². The number of benzene rings is 1. The summed E-state index contributed by atoms with van der Waals surface area (Å²) in [5.41, 5.74) is 1.56. The van der Waals surface area contributed by atoms with E-state index < -0.39 is 5.54 Å². The summed E-state index contributed by atoms with van der Waals surface area (Å²) in [5.74, 6) is 2.63. The SMILES string of the molecule is CCC1CCN(c2ncc(Cl)c(Nc3ccc4c(c3)c(NC(C)(C)c3ncccn3)cc(=O)n4C)n2)CC1. The molecule has 1 aromatic carbocycles. The molecule has 9 nitrogen and oxygen atoms in total. The Hall–Kier alpha value is -3.72. The molecule has 1 saturated heterocycles. The van der Waals surface area contributed by atoms with Crippen molar-refractivity contribution in [2.75, 3.05) is 28.6 Å². The van der Waals surface area contributed by atoms with Crippen molar-refractivity contribution in [3.05, 3.63) is 70.1 Å². The normalized spacial score (nSPS) is 14.6. The molecule has 5 rings (SSSR count). The molecule has 4 aromatic rings. The van der Waals surface area contributed by atoms with Crippen molar-refractivity contribution >= 4 is 45.6 Å². The van der Waals surface area contributed by atoms with Crippen LogP contribution in [-0.2, 0) is 12.6 Å². The third kappa shape index (κ3) is 5.29. The second-order valence-electron chi connectivity index (χ2n) is 10.3. The molecule has 0 spiro atoms. The topological polar surface area (TPSA) is 101 Å². The van der Waals surface area contributed by atoms with E-state index in [-0.39, 0.29) is 5.56 Å². The third-order valence-corrected chi connectivity index (χ3v) is 7.56. The number of aryl methyl sites for hydroxylation is 1. The van der Waals surface area contributed by atoms with Gasteiger partial charge in [0.1, 0.15) is 5.02 Å². The minimum Gasteiger partial charge on any atom is -0.372 e. The van der Waals surface area contributed by atoms with Crippen LogP contribution in [0.2, 0.25) is 5.02 Å². The van der Waals surface area contributed by atoms with Crippen LogP contribution in [0, 0.1) is 5.92 Å². The maximum atomic E-state index is 12.8. The highest BCUT2D eigenvalue weighted by Crippen LogP contribution is 2.32. The van der Waals surface area contributed by atoms with Crippen LogP contribution in [0.3, 0.4) is 0 Å². The summed E-state index contributed by atoms with van der Waals surface area (Å²) in [5, 5.41) is 8.17. The molecule has 4 heterocycles. The first-order valence-electron chi connectivity index (χ1n) is 13.0. The summed E-state index contributed by atoms with van der Waals surface area (Å²) < 4.78 is 1.63. The number of rotatable bonds is 7. The number of nitrogens with one attached hydrogen (secondary N) is 2. The Labute approximate surface area is 227 Å². The van der Waals surface area contributed by atoms with Gasteiger partial charge < -0.3 is 20.1 Å². The summed E-state index contributed by atoms with van der Waals surface area (Å²) in [6, 6.07) is 9.21. The van der Waals surface area contributed by atoms with Crippen molar-refractivity contribution in [2.24, 2.45) is 13.0 Å². The number of pyridine rings is 1. The lowest BCUT2D eigenvalue weighted by Gasteiger charge is -2.31. The van der Waals surface area contributed by atoms with Crippen LogP contribution in [0.1, 0.15) is 45.9 Å². The zero-order valence-corrected chi connectivity index (χ0v) is 23.0. The van der Waals surface area contributed by atoms with Gasteiger partial charge in [-0.25, -0.2) is 15.0 Å². The van der Waals surface area contributed by atoms with Gasteiger partial charge in [-0.05, 0) is 56.9 Å². The Bertz CT molecular complexity index is 1500. The lowest BCUT2D eigenvalue weighted by atomic mass is 9.95. The molecule has 0 radical (unpaired) electrons. The van der Waals surface area contributed by atoms with E-state index in [9.17, 15) is 4.79 Å². The Morgan fingerprint density at radius 2 is 1.84 bits per heavy atom. The molecule has 0 bridgehead atoms. The number of aromatic nitrogens is 5. The van der Waals surface area contributed by atoms with Gasteiger partial charge in [0.2, 0.25) is 5.95 Å². The lowest BCUT2D eigenvalue weighted by molar-refractivity contribution is 0.392. The predicted molar refractivity (Wildman–Crippen MR) is 153 cm³/mol. The van der Waals surface area contributed by atoms with Crippen molar-refractivity contribution in [3.63, 3.8) is 0 Å². The van der Waals surface area contributed by atoms with E-state index in [1.54, 1.807) is 42.3 Å². The molecule has 1 fully saturated rings. The highest BCUT2D eigenvalue weighted by atomic mass is 35.5. The fourth-order valence-electron chi connectivity index (χ4n) is 4.93. The molecule has 1 aliphatic heterocycles. The molecule has 2 N–H and O–H groups in total. The van der Waals surface area contributed by atoms with E-state index in [1.165, 1.54) is 6.42 Å². The van der Waals surface area contributed by atoms with Crippen molar-refractivity contribution in [2.45, 2.75) is 45.6 Å². The summed E-state index contributed by atoms with van der Waals surface area (Å²) in [6.07, 6.45) is 8.58. The molecule has 0 atom stereocenters. The second-order valence-corrected chi connectivity index (χ2v) is 10.7. The molecule has 0 unspecified atom stereocenters. The van der Waals surface area contributed by atoms with Gasteiger partial charge >= 0.3 is 0 Å². The minimum atomic E-state index is -0.611. The van der Waals surface area contributed by atoms with E-state index in [1.807, 2.05) is 32.0 Å². The van der Waals surface area contributed by atoms with Crippen LogP contribution in [0.25, 0.3) is 10.9 Å². The predicted octanol–water partition coefficient (Wildman–Crippen LogP) is 5.49. The Morgan fingerprint density at radius 3 is 2.55 bits per heavy atom. The van der Waals surface area contributed by atoms with Gasteiger partial charge in [0.05, 0.1) is 17.3 Å². The summed E-state index contributed by atoms with van der Waals surface area (Å²) in [6.45, 7) is 8.11. The van der Waals surface area contributed by atoms with E-state index in [0.717, 1.165) is 48.4 Å². The average molecular weight is 533 g/mol. The van der Waals surface area contributed by atoms with Crippen molar-refractivity contribution < 1.29 is 0 Å². The molecule has 1 aliphatic rings. The number of halogens is 1. The summed E-state index contributed by atoms with van der Waals surface area (Å²) in [4.78, 5) is 33.0. The van der Waals surface area contributed by atoms with Crippen molar-refractivity contribution in [3.8, 4) is 0 Å². The Balaban J connectivity index is 1.47. The second kappa shape index (κ2) is 10.6. The van der Waals surface area contributed by atoms with Crippen LogP contribution >= 0.6 is 11.6 Å². The van der Waals surface area contributed by atoms with E-state index in [0.29, 0.717) is 28.3 Å². The van der Waals surface area contributed by atoms with Gasteiger partial charge in [-0.2, -0.15) is 4.98 Å². The van der Waals surface area contributed by atoms with E-state index in [4.69, 9.17) is 16.6 Å². The third-order valence-electron chi connectivity index (χ3n) is 7.29. The molecule has 38 heavy (non-hydrogen) atoms. The minimum absolute atomic E-state index is 0.110. The van der Waals surface area contributed by atoms with Crippen molar-refractivity contribution in [1.82, 2.24) is 24.5 Å². The standard InChI is InChI=1S/C28H33ClN8O/c1-5-18-9-13-37(14-10-18)27-32-17-21(29)25(34-27)33-19-7-8-23-20(15-19)22(16-24(38)36(23)4)35-28(2,3)26-30-11-6-12-31-26/h6-8,11-12,15-18,35H,5,9-10,13-14H2,1-4H3,(H,32,33,34). The van der Waals surface area contributed by atoms with Gasteiger partial charge in [0.25, 0.3) is 5.56 Å². The number of hydrogen-bond donors (Lipinski definition) is 2. The number of nitrogens with zero attached hydrogens (tertiary/aromatic N) is 6. The van der Waals surface area contributed by atoms with Crippen LogP contribution in [0.15, 0.2) is 53.7 Å². The van der Waals surface area contributed by atoms with Crippen LogP contribution in [-0.4, -0.2) is 37.6 Å². The lowest BCUT2D eigenvalue weighted by Crippen LogP contribution is -2.34. The fourth-order valence-corrected chi connectivity index (χ4v) is 5.07. The van der Waals surface area contributed by atoms with E-state index in [2.05, 4.69) is 37.4 Å². The first-order valence-corrected chi connectivity index (χ1v) is 13.4. The number of hydrogen-bond acceptors (Lipinski definition) is 8. The molecular formula is C28H33ClN8O. The largest absolute Gasteiger partial charge is 0.372 e. The van der Waals surface area contributed by atoms with E-state index >= 15 is 0 Å². The van der Waals surface area contributed by atoms with Gasteiger partial charge in [0, 0.05) is 55.4 Å². The Morgan fingerprint density at radius 1 is 1.11 bits per heavy atom. The number of fused-ring (bicyclic) bond motifs is 1. The average Bonchev–Trinajstić information content (AvgIpc) is 2.93. The number of piperidine rings is 1. The smallest absolute Gasteiger partial charge is 0.252 e. The molecule has 198 valence electrons. The molecule has 0 aliphatic carbocycles. The Kier molecular flexibility index (Phi) is 7.21. The van der Waals surface area contributed by atoms with Crippen molar-refractivity contribution in [1.29, 1.82) is 0 Å². The molecule has 0 saturated carbocycles. The molecular weight excluding hydrogens is 500 g/mol. The maximum Gasteiger partial charge on any atom is 0.252 e. The van der Waals surface area contributed by atoms with Crippen LogP contribution < -0.4 is 21.1 Å². The zero-order valence-electron chi connectivity index (χ0n) is 22.2. The first-order chi connectivity index (χ1) is 18.2. The molecule has 0 amide bonds. The van der Waals surface area contributed by atoms with Gasteiger partial charge in [-0.3, -0.25) is 4.79 Å². The first kappa shape index (κ1) is 25.9. The van der Waals surface area contributed by atoms with Gasteiger partial charge in [0.15, 0.2) is 11.6 Å². The van der Waals surface area contributed by atoms with Crippen LogP contribution in [0.5, 0.6) is 0 Å². The maximum absolute atomic E-state index is 12.8. The van der Waals surface area contributed by atoms with Gasteiger partial charge in [-0.1, -0.05) is 24.9 Å². The zero-order chi connectivity index (χ0) is 26.9. The van der Waals surface area contributed by atoms with Gasteiger partial charge in [-0.15, -0.1) is 0 Å². The fraction of sp³-hybridized carbons (Fsp3) is 0.393. The molecule has 10 heteroatoms. The molecule has 3 aromatic heterocycles. The number of anilines is 4. The monoisotopic (exact) mass is 532 g/mol.